The fraction of sp³-hybridized carbons (Fsp3) is 0.500. The van der Waals surface area contributed by atoms with Gasteiger partial charge in [-0.25, -0.2) is 9.18 Å². The topological polar surface area (TPSA) is 75.0 Å². The maximum absolute atomic E-state index is 15.2. The molecule has 8 heteroatoms. The van der Waals surface area contributed by atoms with Crippen LogP contribution in [0.3, 0.4) is 0 Å². The van der Waals surface area contributed by atoms with Crippen LogP contribution in [0, 0.1) is 5.82 Å². The lowest BCUT2D eigenvalue weighted by Gasteiger charge is -2.39. The second-order valence-corrected chi connectivity index (χ2v) is 7.61. The van der Waals surface area contributed by atoms with E-state index >= 15 is 4.39 Å². The summed E-state index contributed by atoms with van der Waals surface area (Å²) in [6.45, 7) is 6.80. The number of carboxylic acid groups (broad SMARTS) is 1. The Bertz CT molecular complexity index is 1010. The third-order valence-electron chi connectivity index (χ3n) is 5.90. The smallest absolute Gasteiger partial charge is 0.341 e. The minimum Gasteiger partial charge on any atom is -0.484 e. The number of carbonyl (C=O) groups is 1. The monoisotopic (exact) mass is 389 g/mol. The molecule has 1 saturated heterocycles. The molecule has 150 valence electrons. The SMILES string of the molecule is CC[C@@H]1Oc2c(N3CCN(C)CC3)c(F)cc3c(=O)c(C(=O)O)cn(c23)C1C. The van der Waals surface area contributed by atoms with Crippen molar-refractivity contribution >= 4 is 22.6 Å². The Balaban J connectivity index is 2.02. The summed E-state index contributed by atoms with van der Waals surface area (Å²) < 4.78 is 23.2. The zero-order valence-electron chi connectivity index (χ0n) is 16.2. The molecule has 1 aromatic heterocycles. The predicted octanol–water partition coefficient (Wildman–Crippen LogP) is 2.32. The van der Waals surface area contributed by atoms with E-state index in [2.05, 4.69) is 4.90 Å². The van der Waals surface area contributed by atoms with Crippen molar-refractivity contribution in [1.29, 1.82) is 0 Å². The molecule has 2 aliphatic rings. The van der Waals surface area contributed by atoms with Crippen LogP contribution in [-0.2, 0) is 0 Å². The van der Waals surface area contributed by atoms with Crippen LogP contribution in [0.4, 0.5) is 10.1 Å². The van der Waals surface area contributed by atoms with E-state index in [4.69, 9.17) is 4.74 Å². The van der Waals surface area contributed by atoms with Crippen molar-refractivity contribution in [1.82, 2.24) is 9.47 Å². The molecule has 3 heterocycles. The Morgan fingerprint density at radius 2 is 2.00 bits per heavy atom. The largest absolute Gasteiger partial charge is 0.484 e. The Morgan fingerprint density at radius 1 is 1.32 bits per heavy atom. The number of rotatable bonds is 3. The van der Waals surface area contributed by atoms with Gasteiger partial charge < -0.3 is 24.2 Å². The van der Waals surface area contributed by atoms with Gasteiger partial charge in [0.25, 0.3) is 0 Å². The molecule has 2 atom stereocenters. The number of benzene rings is 1. The Morgan fingerprint density at radius 3 is 2.61 bits per heavy atom. The van der Waals surface area contributed by atoms with E-state index in [1.165, 1.54) is 12.3 Å². The highest BCUT2D eigenvalue weighted by atomic mass is 19.1. The number of halogens is 1. The first-order valence-corrected chi connectivity index (χ1v) is 9.58. The standard InChI is InChI=1S/C20H24FN3O4/c1-4-15-11(2)24-10-13(20(26)27)18(25)12-9-14(21)17(19(28-15)16(12)24)23-7-5-22(3)6-8-23/h9-11,15H,4-8H2,1-3H3,(H,26,27)/t11?,15-/m0/s1. The summed E-state index contributed by atoms with van der Waals surface area (Å²) in [5.74, 6) is -1.52. The van der Waals surface area contributed by atoms with Gasteiger partial charge >= 0.3 is 5.97 Å². The zero-order chi connectivity index (χ0) is 20.2. The molecule has 1 aromatic carbocycles. The van der Waals surface area contributed by atoms with E-state index in [1.807, 2.05) is 25.8 Å². The Labute approximate surface area is 161 Å². The van der Waals surface area contributed by atoms with Gasteiger partial charge in [0, 0.05) is 32.4 Å². The van der Waals surface area contributed by atoms with Crippen molar-refractivity contribution in [2.75, 3.05) is 38.1 Å². The molecule has 0 saturated carbocycles. The molecular weight excluding hydrogens is 365 g/mol. The second kappa shape index (κ2) is 6.77. The van der Waals surface area contributed by atoms with Crippen LogP contribution in [0.25, 0.3) is 10.9 Å². The van der Waals surface area contributed by atoms with E-state index in [0.717, 1.165) is 13.1 Å². The number of hydrogen-bond acceptors (Lipinski definition) is 5. The number of carboxylic acids is 1. The van der Waals surface area contributed by atoms with Crippen molar-refractivity contribution in [2.45, 2.75) is 32.4 Å². The number of likely N-dealkylation sites (N-methyl/N-ethyl adjacent to an activating group) is 1. The maximum atomic E-state index is 15.2. The quantitative estimate of drug-likeness (QED) is 0.869. The summed E-state index contributed by atoms with van der Waals surface area (Å²) in [7, 11) is 2.02. The molecule has 2 aromatic rings. The Hall–Kier alpha value is -2.61. The van der Waals surface area contributed by atoms with E-state index in [9.17, 15) is 14.7 Å². The Kier molecular flexibility index (Phi) is 4.53. The molecule has 0 amide bonds. The summed E-state index contributed by atoms with van der Waals surface area (Å²) in [6.07, 6.45) is 1.81. The molecule has 7 nitrogen and oxygen atoms in total. The second-order valence-electron chi connectivity index (χ2n) is 7.61. The van der Waals surface area contributed by atoms with Crippen molar-refractivity contribution in [3.63, 3.8) is 0 Å². The first kappa shape index (κ1) is 18.7. The fourth-order valence-electron chi connectivity index (χ4n) is 4.21. The third kappa shape index (κ3) is 2.74. The lowest BCUT2D eigenvalue weighted by molar-refractivity contribution is 0.0693. The first-order chi connectivity index (χ1) is 13.3. The van der Waals surface area contributed by atoms with Gasteiger partial charge in [0.2, 0.25) is 5.43 Å². The number of nitrogens with zero attached hydrogens (tertiary/aromatic N) is 3. The van der Waals surface area contributed by atoms with Crippen molar-refractivity contribution in [3.05, 3.63) is 33.9 Å². The van der Waals surface area contributed by atoms with E-state index < -0.39 is 17.2 Å². The molecule has 4 rings (SSSR count). The highest BCUT2D eigenvalue weighted by molar-refractivity contribution is 5.97. The summed E-state index contributed by atoms with van der Waals surface area (Å²) in [6, 6.07) is 0.990. The summed E-state index contributed by atoms with van der Waals surface area (Å²) in [5, 5.41) is 9.49. The van der Waals surface area contributed by atoms with Crippen LogP contribution in [0.15, 0.2) is 17.1 Å². The van der Waals surface area contributed by atoms with Gasteiger partial charge in [-0.2, -0.15) is 0 Å². The number of aromatic nitrogens is 1. The summed E-state index contributed by atoms with van der Waals surface area (Å²) in [4.78, 5) is 28.4. The van der Waals surface area contributed by atoms with Gasteiger partial charge in [0.15, 0.2) is 11.6 Å². The third-order valence-corrected chi connectivity index (χ3v) is 5.90. The number of aromatic carboxylic acids is 1. The molecule has 0 aliphatic carbocycles. The number of pyridine rings is 1. The van der Waals surface area contributed by atoms with Crippen LogP contribution in [0.2, 0.25) is 0 Å². The fourth-order valence-corrected chi connectivity index (χ4v) is 4.21. The van der Waals surface area contributed by atoms with Gasteiger partial charge in [-0.15, -0.1) is 0 Å². The highest BCUT2D eigenvalue weighted by Gasteiger charge is 2.34. The lowest BCUT2D eigenvalue weighted by atomic mass is 10.0. The molecule has 1 fully saturated rings. The van der Waals surface area contributed by atoms with Crippen LogP contribution < -0.4 is 15.1 Å². The van der Waals surface area contributed by atoms with Crippen molar-refractivity contribution < 1.29 is 19.0 Å². The number of piperazine rings is 1. The highest BCUT2D eigenvalue weighted by Crippen LogP contribution is 2.44. The molecule has 0 bridgehead atoms. The maximum Gasteiger partial charge on any atom is 0.341 e. The minimum atomic E-state index is -1.31. The van der Waals surface area contributed by atoms with Gasteiger partial charge in [-0.05, 0) is 26.5 Å². The molecular formula is C20H24FN3O4. The van der Waals surface area contributed by atoms with E-state index in [-0.39, 0.29) is 23.1 Å². The van der Waals surface area contributed by atoms with Gasteiger partial charge in [0.05, 0.1) is 16.9 Å². The van der Waals surface area contributed by atoms with Crippen molar-refractivity contribution in [3.8, 4) is 5.75 Å². The zero-order valence-corrected chi connectivity index (χ0v) is 16.2. The molecule has 0 spiro atoms. The number of ether oxygens (including phenoxy) is 1. The normalized spacial score (nSPS) is 22.4. The summed E-state index contributed by atoms with van der Waals surface area (Å²) >= 11 is 0. The number of anilines is 1. The molecule has 1 unspecified atom stereocenters. The van der Waals surface area contributed by atoms with Gasteiger partial charge in [-0.3, -0.25) is 4.79 Å². The molecule has 1 N–H and O–H groups in total. The average Bonchev–Trinajstić information content (AvgIpc) is 2.66. The van der Waals surface area contributed by atoms with E-state index in [1.54, 1.807) is 4.57 Å². The molecule has 28 heavy (non-hydrogen) atoms. The van der Waals surface area contributed by atoms with Crippen molar-refractivity contribution in [2.24, 2.45) is 0 Å². The van der Waals surface area contributed by atoms with Crippen LogP contribution in [-0.4, -0.2) is 59.9 Å². The predicted molar refractivity (Wildman–Crippen MR) is 104 cm³/mol. The van der Waals surface area contributed by atoms with Crippen LogP contribution >= 0.6 is 0 Å². The lowest BCUT2D eigenvalue weighted by Crippen LogP contribution is -2.45. The number of hydrogen-bond donors (Lipinski definition) is 1. The minimum absolute atomic E-state index is 0.0479. The molecule has 2 aliphatic heterocycles. The summed E-state index contributed by atoms with van der Waals surface area (Å²) in [5.41, 5.74) is -0.201. The molecule has 0 radical (unpaired) electrons. The van der Waals surface area contributed by atoms with E-state index in [0.29, 0.717) is 36.5 Å². The van der Waals surface area contributed by atoms with Gasteiger partial charge in [0.1, 0.15) is 17.4 Å². The van der Waals surface area contributed by atoms with Crippen LogP contribution in [0.1, 0.15) is 36.7 Å². The average molecular weight is 389 g/mol. The van der Waals surface area contributed by atoms with Gasteiger partial charge in [-0.1, -0.05) is 6.92 Å². The van der Waals surface area contributed by atoms with Crippen LogP contribution in [0.5, 0.6) is 5.75 Å². The first-order valence-electron chi connectivity index (χ1n) is 9.58.